The molecule has 0 spiro atoms. The van der Waals surface area contributed by atoms with Crippen molar-refractivity contribution in [3.63, 3.8) is 0 Å². The van der Waals surface area contributed by atoms with E-state index < -0.39 is 0 Å². The fourth-order valence-electron chi connectivity index (χ4n) is 1.47. The van der Waals surface area contributed by atoms with Crippen LogP contribution >= 0.6 is 11.8 Å². The Morgan fingerprint density at radius 3 is 2.88 bits per heavy atom. The molecule has 6 heteroatoms. The molecular weight excluding hydrogens is 236 g/mol. The molecule has 0 radical (unpaired) electrons. The lowest BCUT2D eigenvalue weighted by molar-refractivity contribution is 0.387. The van der Waals surface area contributed by atoms with Crippen molar-refractivity contribution < 1.29 is 4.52 Å². The van der Waals surface area contributed by atoms with Crippen LogP contribution in [-0.4, -0.2) is 34.2 Å². The van der Waals surface area contributed by atoms with Crippen LogP contribution in [0.2, 0.25) is 0 Å². The Morgan fingerprint density at radius 1 is 1.47 bits per heavy atom. The van der Waals surface area contributed by atoms with Gasteiger partial charge in [0.05, 0.1) is 0 Å². The van der Waals surface area contributed by atoms with E-state index in [2.05, 4.69) is 34.3 Å². The minimum Gasteiger partial charge on any atom is -0.364 e. The Bertz CT molecular complexity index is 413. The molecule has 17 heavy (non-hydrogen) atoms. The van der Waals surface area contributed by atoms with Gasteiger partial charge in [0, 0.05) is 32.2 Å². The van der Waals surface area contributed by atoms with Crippen molar-refractivity contribution in [2.75, 3.05) is 18.8 Å². The predicted octanol–water partition coefficient (Wildman–Crippen LogP) is 1.64. The molecular formula is C11H18N4OS. The molecule has 1 N–H and O–H groups in total. The first-order valence-electron chi connectivity index (χ1n) is 5.75. The zero-order valence-corrected chi connectivity index (χ0v) is 11.3. The summed E-state index contributed by atoms with van der Waals surface area (Å²) in [6.45, 7) is 7.96. The van der Waals surface area contributed by atoms with E-state index in [1.807, 2.05) is 0 Å². The maximum atomic E-state index is 4.91. The van der Waals surface area contributed by atoms with E-state index in [9.17, 15) is 0 Å². The van der Waals surface area contributed by atoms with Crippen molar-refractivity contribution in [1.29, 1.82) is 0 Å². The molecule has 0 amide bonds. The SMILES string of the molecule is Cc1nc(CCNC2=NCC(C)(C)CS2)no1. The fourth-order valence-corrected chi connectivity index (χ4v) is 2.45. The summed E-state index contributed by atoms with van der Waals surface area (Å²) in [5, 5.41) is 8.19. The van der Waals surface area contributed by atoms with Crippen LogP contribution < -0.4 is 5.32 Å². The van der Waals surface area contributed by atoms with Gasteiger partial charge in [-0.2, -0.15) is 4.98 Å². The summed E-state index contributed by atoms with van der Waals surface area (Å²) in [7, 11) is 0. The van der Waals surface area contributed by atoms with Crippen LogP contribution in [0.4, 0.5) is 0 Å². The summed E-state index contributed by atoms with van der Waals surface area (Å²) in [6, 6.07) is 0. The first-order chi connectivity index (χ1) is 8.05. The van der Waals surface area contributed by atoms with Gasteiger partial charge in [-0.1, -0.05) is 30.8 Å². The normalized spacial score (nSPS) is 18.9. The van der Waals surface area contributed by atoms with Gasteiger partial charge in [-0.3, -0.25) is 4.99 Å². The number of aryl methyl sites for hydroxylation is 1. The lowest BCUT2D eigenvalue weighted by Crippen LogP contribution is -2.32. The molecule has 0 atom stereocenters. The smallest absolute Gasteiger partial charge is 0.223 e. The van der Waals surface area contributed by atoms with Crippen LogP contribution in [0.15, 0.2) is 9.52 Å². The van der Waals surface area contributed by atoms with E-state index in [0.717, 1.165) is 36.3 Å². The number of amidine groups is 1. The van der Waals surface area contributed by atoms with Crippen LogP contribution in [0.3, 0.4) is 0 Å². The van der Waals surface area contributed by atoms with Crippen molar-refractivity contribution in [3.05, 3.63) is 11.7 Å². The monoisotopic (exact) mass is 254 g/mol. The maximum Gasteiger partial charge on any atom is 0.223 e. The summed E-state index contributed by atoms with van der Waals surface area (Å²) in [5.74, 6) is 2.48. The summed E-state index contributed by atoms with van der Waals surface area (Å²) < 4.78 is 4.91. The summed E-state index contributed by atoms with van der Waals surface area (Å²) in [6.07, 6.45) is 0.764. The second-order valence-corrected chi connectivity index (χ2v) is 5.94. The van der Waals surface area contributed by atoms with Gasteiger partial charge in [0.15, 0.2) is 11.0 Å². The standard InChI is InChI=1S/C11H18N4OS/c1-8-14-9(15-16-8)4-5-12-10-13-6-11(2,3)7-17-10/h4-7H2,1-3H3,(H,12,13). The molecule has 1 aliphatic heterocycles. The van der Waals surface area contributed by atoms with Crippen LogP contribution in [-0.2, 0) is 6.42 Å². The molecule has 1 aliphatic rings. The van der Waals surface area contributed by atoms with Crippen LogP contribution in [0.5, 0.6) is 0 Å². The molecule has 94 valence electrons. The third kappa shape index (κ3) is 3.73. The average molecular weight is 254 g/mol. The number of nitrogens with zero attached hydrogens (tertiary/aromatic N) is 3. The van der Waals surface area contributed by atoms with Gasteiger partial charge in [-0.05, 0) is 5.41 Å². The topological polar surface area (TPSA) is 63.3 Å². The Labute approximate surface area is 105 Å². The first-order valence-corrected chi connectivity index (χ1v) is 6.74. The zero-order valence-electron chi connectivity index (χ0n) is 10.5. The molecule has 0 saturated carbocycles. The maximum absolute atomic E-state index is 4.91. The molecule has 0 aromatic carbocycles. The number of aromatic nitrogens is 2. The van der Waals surface area contributed by atoms with Crippen molar-refractivity contribution in [2.45, 2.75) is 27.2 Å². The second-order valence-electron chi connectivity index (χ2n) is 4.98. The van der Waals surface area contributed by atoms with E-state index in [1.54, 1.807) is 18.7 Å². The second kappa shape index (κ2) is 5.08. The zero-order chi connectivity index (χ0) is 12.3. The van der Waals surface area contributed by atoms with Crippen LogP contribution in [0.25, 0.3) is 0 Å². The molecule has 0 saturated heterocycles. The average Bonchev–Trinajstić information content (AvgIpc) is 2.67. The number of aliphatic imine (C=N–C) groups is 1. The predicted molar refractivity (Wildman–Crippen MR) is 69.3 cm³/mol. The van der Waals surface area contributed by atoms with E-state index in [-0.39, 0.29) is 0 Å². The highest BCUT2D eigenvalue weighted by molar-refractivity contribution is 8.13. The summed E-state index contributed by atoms with van der Waals surface area (Å²) in [5.41, 5.74) is 0.320. The summed E-state index contributed by atoms with van der Waals surface area (Å²) >= 11 is 1.79. The van der Waals surface area contributed by atoms with Gasteiger partial charge in [0.25, 0.3) is 0 Å². The van der Waals surface area contributed by atoms with Gasteiger partial charge < -0.3 is 9.84 Å². The van der Waals surface area contributed by atoms with Gasteiger partial charge in [0.2, 0.25) is 5.89 Å². The third-order valence-electron chi connectivity index (χ3n) is 2.44. The van der Waals surface area contributed by atoms with Crippen molar-refractivity contribution in [1.82, 2.24) is 15.5 Å². The highest BCUT2D eigenvalue weighted by Gasteiger charge is 2.23. The molecule has 1 aromatic heterocycles. The molecule has 2 rings (SSSR count). The van der Waals surface area contributed by atoms with Gasteiger partial charge in [-0.25, -0.2) is 0 Å². The van der Waals surface area contributed by atoms with E-state index >= 15 is 0 Å². The number of thioether (sulfide) groups is 1. The fraction of sp³-hybridized carbons (Fsp3) is 0.727. The summed E-state index contributed by atoms with van der Waals surface area (Å²) in [4.78, 5) is 8.67. The Kier molecular flexibility index (Phi) is 3.71. The molecule has 1 aromatic rings. The number of hydrogen-bond donors (Lipinski definition) is 1. The Morgan fingerprint density at radius 2 is 2.29 bits per heavy atom. The third-order valence-corrected chi connectivity index (χ3v) is 3.92. The van der Waals surface area contributed by atoms with Crippen LogP contribution in [0, 0.1) is 12.3 Å². The molecule has 0 fully saturated rings. The molecule has 5 nitrogen and oxygen atoms in total. The Balaban J connectivity index is 1.74. The Hall–Kier alpha value is -1.04. The van der Waals surface area contributed by atoms with Gasteiger partial charge in [0.1, 0.15) is 0 Å². The van der Waals surface area contributed by atoms with Gasteiger partial charge in [-0.15, -0.1) is 0 Å². The molecule has 0 unspecified atom stereocenters. The van der Waals surface area contributed by atoms with Gasteiger partial charge >= 0.3 is 0 Å². The molecule has 2 heterocycles. The lowest BCUT2D eigenvalue weighted by atomic mass is 9.97. The minimum atomic E-state index is 0.320. The van der Waals surface area contributed by atoms with Crippen molar-refractivity contribution in [3.8, 4) is 0 Å². The lowest BCUT2D eigenvalue weighted by Gasteiger charge is -2.27. The quantitative estimate of drug-likeness (QED) is 0.888. The number of rotatable bonds is 3. The first kappa shape index (κ1) is 12.4. The van der Waals surface area contributed by atoms with Crippen molar-refractivity contribution in [2.24, 2.45) is 10.4 Å². The van der Waals surface area contributed by atoms with E-state index in [1.165, 1.54) is 0 Å². The molecule has 0 bridgehead atoms. The minimum absolute atomic E-state index is 0.320. The highest BCUT2D eigenvalue weighted by atomic mass is 32.2. The van der Waals surface area contributed by atoms with Crippen molar-refractivity contribution >= 4 is 16.9 Å². The number of hydrogen-bond acceptors (Lipinski definition) is 6. The number of nitrogens with one attached hydrogen (secondary N) is 1. The molecule has 0 aliphatic carbocycles. The van der Waals surface area contributed by atoms with Crippen LogP contribution in [0.1, 0.15) is 25.6 Å². The largest absolute Gasteiger partial charge is 0.364 e. The highest BCUT2D eigenvalue weighted by Crippen LogP contribution is 2.26. The van der Waals surface area contributed by atoms with E-state index in [4.69, 9.17) is 4.52 Å². The van der Waals surface area contributed by atoms with E-state index in [0.29, 0.717) is 11.3 Å².